The van der Waals surface area contributed by atoms with E-state index in [1.54, 1.807) is 0 Å². The molecule has 0 fully saturated rings. The van der Waals surface area contributed by atoms with Crippen molar-refractivity contribution in [3.8, 4) is 0 Å². The minimum Gasteiger partial charge on any atom is -0.481 e. The average Bonchev–Trinajstić information content (AvgIpc) is 3.19. The molecule has 5 N–H and O–H groups in total. The van der Waals surface area contributed by atoms with Gasteiger partial charge in [0.05, 0.1) is 23.8 Å². The Labute approximate surface area is 193 Å². The molecule has 35 heavy (non-hydrogen) atoms. The average molecular weight is 482 g/mol. The third-order valence-electron chi connectivity index (χ3n) is 5.44. The summed E-state index contributed by atoms with van der Waals surface area (Å²) in [6.07, 6.45) is 2.38. The second kappa shape index (κ2) is 8.40. The van der Waals surface area contributed by atoms with Gasteiger partial charge in [0.2, 0.25) is 0 Å². The molecule has 1 aliphatic rings. The Morgan fingerprint density at radius 2 is 1.63 bits per heavy atom. The van der Waals surface area contributed by atoms with E-state index in [1.165, 1.54) is 32.3 Å². The highest BCUT2D eigenvalue weighted by Gasteiger charge is 2.27. The van der Waals surface area contributed by atoms with E-state index in [0.717, 1.165) is 9.69 Å². The number of carboxylic acid groups (broad SMARTS) is 2. The quantitative estimate of drug-likeness (QED) is 0.255. The molecule has 0 saturated carbocycles. The fraction of sp³-hybridized carbons (Fsp3) is 0.190. The highest BCUT2D eigenvalue weighted by atomic mass is 16.4. The monoisotopic (exact) mass is 482 g/mol. The Balaban J connectivity index is 1.95. The molecule has 0 aromatic carbocycles. The summed E-state index contributed by atoms with van der Waals surface area (Å²) in [6, 6.07) is 0. The summed E-state index contributed by atoms with van der Waals surface area (Å²) in [6.45, 7) is 0. The molecule has 0 bridgehead atoms. The van der Waals surface area contributed by atoms with E-state index in [2.05, 4.69) is 20.2 Å². The van der Waals surface area contributed by atoms with Crippen LogP contribution in [0.4, 0.5) is 0 Å². The van der Waals surface area contributed by atoms with Gasteiger partial charge >= 0.3 is 11.9 Å². The number of aliphatic carboxylic acids is 2. The molecule has 4 rings (SSSR count). The topological polar surface area (TPSA) is 211 Å². The van der Waals surface area contributed by atoms with Crippen LogP contribution in [0.25, 0.3) is 23.2 Å². The van der Waals surface area contributed by atoms with Crippen molar-refractivity contribution in [1.29, 1.82) is 0 Å². The Kier molecular flexibility index (Phi) is 5.56. The van der Waals surface area contributed by atoms with Gasteiger partial charge in [-0.3, -0.25) is 38.5 Å². The first-order valence-corrected chi connectivity index (χ1v) is 10.1. The maximum absolute atomic E-state index is 12.7. The maximum atomic E-state index is 12.7. The fourth-order valence-electron chi connectivity index (χ4n) is 3.95. The van der Waals surface area contributed by atoms with Crippen LogP contribution in [0.2, 0.25) is 0 Å². The smallest absolute Gasteiger partial charge is 0.307 e. The van der Waals surface area contributed by atoms with Crippen LogP contribution in [0.5, 0.6) is 0 Å². The van der Waals surface area contributed by atoms with Crippen molar-refractivity contribution >= 4 is 41.0 Å². The summed E-state index contributed by atoms with van der Waals surface area (Å²) in [5.41, 5.74) is -2.24. The minimum absolute atomic E-state index is 0.00802. The molecule has 1 aliphatic heterocycles. The molecule has 0 atom stereocenters. The van der Waals surface area contributed by atoms with Crippen LogP contribution in [0.3, 0.4) is 0 Å². The number of aromatic amines is 3. The van der Waals surface area contributed by atoms with Crippen LogP contribution in [-0.4, -0.2) is 59.9 Å². The van der Waals surface area contributed by atoms with Crippen molar-refractivity contribution in [2.45, 2.75) is 12.8 Å². The molecular weight excluding hydrogens is 464 g/mol. The minimum atomic E-state index is -1.28. The summed E-state index contributed by atoms with van der Waals surface area (Å²) in [5, 5.41) is 26.0. The summed E-state index contributed by atoms with van der Waals surface area (Å²) in [7, 11) is 2.76. The predicted octanol–water partition coefficient (Wildman–Crippen LogP) is -2.39. The SMILES string of the molecule is CN1N=c2[nH]c(=O)c(=CC=Cc3c(CC(=O)O)c4c(=O)n(C)[nH]c4[nH]c3=O)c(CC(=O)O)c2C1=O. The molecule has 180 valence electrons. The van der Waals surface area contributed by atoms with Crippen LogP contribution in [-0.2, 0) is 29.5 Å². The van der Waals surface area contributed by atoms with Crippen LogP contribution in [0.1, 0.15) is 27.0 Å². The summed E-state index contributed by atoms with van der Waals surface area (Å²) in [4.78, 5) is 78.0. The predicted molar refractivity (Wildman–Crippen MR) is 120 cm³/mol. The van der Waals surface area contributed by atoms with Gasteiger partial charge in [-0.05, 0) is 23.3 Å². The molecule has 3 aromatic heterocycles. The lowest BCUT2D eigenvalue weighted by Crippen LogP contribution is -2.40. The van der Waals surface area contributed by atoms with Crippen molar-refractivity contribution in [2.24, 2.45) is 12.1 Å². The normalized spacial score (nSPS) is 13.6. The van der Waals surface area contributed by atoms with E-state index in [9.17, 15) is 39.0 Å². The number of allylic oxidation sites excluding steroid dienone is 1. The Morgan fingerprint density at radius 1 is 0.971 bits per heavy atom. The van der Waals surface area contributed by atoms with Crippen LogP contribution < -0.4 is 27.4 Å². The number of carboxylic acids is 2. The van der Waals surface area contributed by atoms with Gasteiger partial charge in [0, 0.05) is 24.9 Å². The molecule has 14 heteroatoms. The van der Waals surface area contributed by atoms with Gasteiger partial charge in [0.1, 0.15) is 5.65 Å². The van der Waals surface area contributed by atoms with Crippen molar-refractivity contribution in [3.05, 3.63) is 70.1 Å². The first-order valence-electron chi connectivity index (χ1n) is 10.1. The van der Waals surface area contributed by atoms with E-state index in [4.69, 9.17) is 0 Å². The molecule has 0 saturated heterocycles. The zero-order chi connectivity index (χ0) is 25.6. The summed E-state index contributed by atoms with van der Waals surface area (Å²) in [5.74, 6) is -3.16. The van der Waals surface area contributed by atoms with E-state index < -0.39 is 47.4 Å². The largest absolute Gasteiger partial charge is 0.481 e. The lowest BCUT2D eigenvalue weighted by molar-refractivity contribution is -0.137. The molecule has 1 amide bonds. The number of nitrogens with zero attached hydrogens (tertiary/aromatic N) is 3. The zero-order valence-corrected chi connectivity index (χ0v) is 18.3. The number of pyridine rings is 2. The number of nitrogens with one attached hydrogen (secondary N) is 3. The van der Waals surface area contributed by atoms with E-state index in [-0.39, 0.29) is 44.0 Å². The van der Waals surface area contributed by atoms with Crippen LogP contribution in [0, 0.1) is 0 Å². The Hall–Kier alpha value is -5.01. The van der Waals surface area contributed by atoms with Crippen LogP contribution in [0.15, 0.2) is 25.6 Å². The van der Waals surface area contributed by atoms with Crippen LogP contribution >= 0.6 is 0 Å². The van der Waals surface area contributed by atoms with E-state index >= 15 is 0 Å². The molecule has 0 unspecified atom stereocenters. The number of carbonyl (C=O) groups is 3. The van der Waals surface area contributed by atoms with Crippen molar-refractivity contribution in [1.82, 2.24) is 24.8 Å². The number of carbonyl (C=O) groups excluding carboxylic acids is 1. The fourth-order valence-corrected chi connectivity index (χ4v) is 3.95. The third-order valence-corrected chi connectivity index (χ3v) is 5.44. The van der Waals surface area contributed by atoms with Crippen molar-refractivity contribution in [3.63, 3.8) is 0 Å². The standard InChI is InChI=1S/C21H18N6O8/c1-26-20(34)14-10(6-12(28)29)8(18(32)22-16(14)24-26)4-3-5-9-11(7-13(30)31)15-17(23-19(9)33)25-27(2)21(15)35/h3-5H,6-7H2,1-2H3,(H,28,29)(H,30,31)(H,22,24,32)(H2,23,25,33). The Bertz CT molecular complexity index is 1770. The molecule has 14 nitrogen and oxygen atoms in total. The second-order valence-electron chi connectivity index (χ2n) is 7.74. The van der Waals surface area contributed by atoms with Gasteiger partial charge < -0.3 is 20.2 Å². The van der Waals surface area contributed by atoms with Gasteiger partial charge in [0.15, 0.2) is 5.49 Å². The second-order valence-corrected chi connectivity index (χ2v) is 7.74. The van der Waals surface area contributed by atoms with Gasteiger partial charge in [-0.2, -0.15) is 5.10 Å². The Morgan fingerprint density at radius 3 is 2.29 bits per heavy atom. The van der Waals surface area contributed by atoms with Crippen molar-refractivity contribution in [2.75, 3.05) is 7.05 Å². The molecular formula is C21H18N6O8. The number of amides is 1. The molecule has 0 radical (unpaired) electrons. The molecule has 0 spiro atoms. The van der Waals surface area contributed by atoms with E-state index in [0.29, 0.717) is 0 Å². The zero-order valence-electron chi connectivity index (χ0n) is 18.3. The number of H-pyrrole nitrogens is 3. The van der Waals surface area contributed by atoms with Crippen molar-refractivity contribution < 1.29 is 24.6 Å². The number of aryl methyl sites for hydroxylation is 1. The number of hydrogen-bond donors (Lipinski definition) is 5. The number of hydrogen-bond acceptors (Lipinski definition) is 7. The van der Waals surface area contributed by atoms with Gasteiger partial charge in [0.25, 0.3) is 22.6 Å². The first kappa shape index (κ1) is 23.2. The first-order chi connectivity index (χ1) is 16.5. The third kappa shape index (κ3) is 3.96. The number of aromatic nitrogens is 4. The number of rotatable bonds is 6. The summed E-state index contributed by atoms with van der Waals surface area (Å²) < 4.78 is 1.09. The van der Waals surface area contributed by atoms with E-state index in [1.807, 2.05) is 0 Å². The molecule has 3 aromatic rings. The maximum Gasteiger partial charge on any atom is 0.307 e. The molecule has 0 aliphatic carbocycles. The lowest BCUT2D eigenvalue weighted by Gasteiger charge is -2.05. The lowest BCUT2D eigenvalue weighted by atomic mass is 10.0. The number of fused-ring (bicyclic) bond motifs is 2. The highest BCUT2D eigenvalue weighted by molar-refractivity contribution is 5.97. The van der Waals surface area contributed by atoms with Gasteiger partial charge in [-0.1, -0.05) is 6.08 Å². The summed E-state index contributed by atoms with van der Waals surface area (Å²) >= 11 is 0. The molecule has 4 heterocycles. The van der Waals surface area contributed by atoms with Gasteiger partial charge in [-0.15, -0.1) is 0 Å². The van der Waals surface area contributed by atoms with Gasteiger partial charge in [-0.25, -0.2) is 5.01 Å². The highest BCUT2D eigenvalue weighted by Crippen LogP contribution is 2.16.